The van der Waals surface area contributed by atoms with E-state index >= 15 is 0 Å². The van der Waals surface area contributed by atoms with Crippen molar-refractivity contribution in [2.75, 3.05) is 18.5 Å². The summed E-state index contributed by atoms with van der Waals surface area (Å²) in [5, 5.41) is 0. The molecule has 0 bridgehead atoms. The summed E-state index contributed by atoms with van der Waals surface area (Å²) >= 11 is 0. The fraction of sp³-hybridized carbons (Fsp3) is 0.200. The molecule has 0 amide bonds. The maximum absolute atomic E-state index is 14.3. The average molecular weight is 403 g/mol. The minimum absolute atomic E-state index is 0.0119. The Morgan fingerprint density at radius 1 is 1.00 bits per heavy atom. The zero-order valence-corrected chi connectivity index (χ0v) is 15.4. The molecule has 0 N–H and O–H groups in total. The predicted molar refractivity (Wildman–Crippen MR) is 98.9 cm³/mol. The Bertz CT molecular complexity index is 1130. The number of anilines is 1. The van der Waals surface area contributed by atoms with E-state index in [0.717, 1.165) is 12.1 Å². The molecule has 0 unspecified atom stereocenters. The lowest BCUT2D eigenvalue weighted by atomic mass is 10.2. The molecule has 0 fully saturated rings. The Kier molecular flexibility index (Phi) is 4.87. The first-order valence-corrected chi connectivity index (χ1v) is 8.78. The van der Waals surface area contributed by atoms with Gasteiger partial charge in [-0.1, -0.05) is 6.07 Å². The van der Waals surface area contributed by atoms with Gasteiger partial charge >= 0.3 is 5.69 Å². The molecule has 0 saturated heterocycles. The van der Waals surface area contributed by atoms with Gasteiger partial charge in [-0.25, -0.2) is 18.0 Å². The van der Waals surface area contributed by atoms with Gasteiger partial charge < -0.3 is 14.4 Å². The van der Waals surface area contributed by atoms with E-state index in [2.05, 4.69) is 4.98 Å². The zero-order valence-electron chi connectivity index (χ0n) is 15.4. The summed E-state index contributed by atoms with van der Waals surface area (Å²) in [5.74, 6) is -2.11. The van der Waals surface area contributed by atoms with Crippen LogP contribution in [0.15, 0.2) is 47.3 Å². The number of aromatic nitrogens is 2. The van der Waals surface area contributed by atoms with E-state index in [-0.39, 0.29) is 24.0 Å². The third-order valence-electron chi connectivity index (χ3n) is 4.52. The molecule has 2 aromatic carbocycles. The molecule has 150 valence electrons. The summed E-state index contributed by atoms with van der Waals surface area (Å²) in [6.07, 6.45) is 0. The van der Waals surface area contributed by atoms with E-state index in [0.29, 0.717) is 24.5 Å². The van der Waals surface area contributed by atoms with Crippen molar-refractivity contribution in [3.8, 4) is 17.4 Å². The van der Waals surface area contributed by atoms with Crippen molar-refractivity contribution in [2.45, 2.75) is 13.2 Å². The quantitative estimate of drug-likeness (QED) is 0.653. The zero-order chi connectivity index (χ0) is 20.5. The van der Waals surface area contributed by atoms with Crippen molar-refractivity contribution in [2.24, 2.45) is 0 Å². The fourth-order valence-electron chi connectivity index (χ4n) is 2.98. The summed E-state index contributed by atoms with van der Waals surface area (Å²) in [5.41, 5.74) is 0.0826. The van der Waals surface area contributed by atoms with Crippen molar-refractivity contribution in [1.29, 1.82) is 0 Å². The van der Waals surface area contributed by atoms with Crippen LogP contribution in [0.1, 0.15) is 5.56 Å². The third-order valence-corrected chi connectivity index (χ3v) is 4.52. The second-order valence-corrected chi connectivity index (χ2v) is 6.54. The van der Waals surface area contributed by atoms with Crippen LogP contribution in [0, 0.1) is 17.5 Å². The van der Waals surface area contributed by atoms with Crippen molar-refractivity contribution < 1.29 is 22.6 Å². The van der Waals surface area contributed by atoms with Crippen LogP contribution in [0.3, 0.4) is 0 Å². The van der Waals surface area contributed by atoms with Gasteiger partial charge in [-0.05, 0) is 29.8 Å². The summed E-state index contributed by atoms with van der Waals surface area (Å²) in [6.45, 7) is 1.27. The Morgan fingerprint density at radius 2 is 1.83 bits per heavy atom. The number of hydrogen-bond acceptors (Lipinski definition) is 5. The number of halogens is 3. The Balaban J connectivity index is 1.46. The number of fused-ring (bicyclic) bond motifs is 1. The molecule has 6 nitrogen and oxygen atoms in total. The van der Waals surface area contributed by atoms with Crippen molar-refractivity contribution >= 4 is 5.82 Å². The molecule has 0 spiro atoms. The molecule has 0 atom stereocenters. The first-order valence-electron chi connectivity index (χ1n) is 8.78. The smallest absolute Gasteiger partial charge is 0.352 e. The van der Waals surface area contributed by atoms with Gasteiger partial charge in [0.05, 0.1) is 0 Å². The molecule has 0 saturated carbocycles. The fourth-order valence-corrected chi connectivity index (χ4v) is 2.98. The van der Waals surface area contributed by atoms with Crippen LogP contribution in [-0.4, -0.2) is 23.1 Å². The standard InChI is InChI=1S/C20H16F3N3O3/c1-25-6-7-26-19(25)10-18(24-20(26)27)28-11-12-2-5-17(16(23)8-12)29-13-3-4-14(21)15(22)9-13/h2-5,8-10H,6-7,11H2,1H3. The maximum Gasteiger partial charge on any atom is 0.352 e. The van der Waals surface area contributed by atoms with E-state index < -0.39 is 23.1 Å². The molecule has 1 aliphatic rings. The molecule has 4 rings (SSSR count). The Morgan fingerprint density at radius 3 is 2.59 bits per heavy atom. The largest absolute Gasteiger partial charge is 0.473 e. The van der Waals surface area contributed by atoms with Gasteiger partial charge in [-0.15, -0.1) is 0 Å². The van der Waals surface area contributed by atoms with Crippen LogP contribution in [0.2, 0.25) is 0 Å². The molecule has 1 aliphatic heterocycles. The number of likely N-dealkylation sites (N-methyl/N-ethyl adjacent to an activating group) is 1. The van der Waals surface area contributed by atoms with Gasteiger partial charge in [-0.3, -0.25) is 4.57 Å². The van der Waals surface area contributed by atoms with Crippen LogP contribution >= 0.6 is 0 Å². The normalized spacial score (nSPS) is 12.8. The minimum atomic E-state index is -1.09. The van der Waals surface area contributed by atoms with E-state index in [4.69, 9.17) is 9.47 Å². The minimum Gasteiger partial charge on any atom is -0.473 e. The molecule has 1 aromatic heterocycles. The summed E-state index contributed by atoms with van der Waals surface area (Å²) < 4.78 is 52.9. The first kappa shape index (κ1) is 18.9. The molecule has 9 heteroatoms. The van der Waals surface area contributed by atoms with E-state index in [1.165, 1.54) is 18.2 Å². The number of hydrogen-bond donors (Lipinski definition) is 0. The monoisotopic (exact) mass is 403 g/mol. The van der Waals surface area contributed by atoms with Gasteiger partial charge in [0.1, 0.15) is 18.2 Å². The topological polar surface area (TPSA) is 56.6 Å². The second-order valence-electron chi connectivity index (χ2n) is 6.54. The molecule has 3 aromatic rings. The highest BCUT2D eigenvalue weighted by Crippen LogP contribution is 2.27. The van der Waals surface area contributed by atoms with Crippen LogP contribution in [-0.2, 0) is 13.2 Å². The highest BCUT2D eigenvalue weighted by atomic mass is 19.2. The Hall–Kier alpha value is -3.49. The molecule has 29 heavy (non-hydrogen) atoms. The molecule has 0 radical (unpaired) electrons. The van der Waals surface area contributed by atoms with E-state index in [9.17, 15) is 18.0 Å². The van der Waals surface area contributed by atoms with Crippen molar-refractivity contribution in [3.05, 3.63) is 76.0 Å². The lowest BCUT2D eigenvalue weighted by Crippen LogP contribution is -2.22. The second kappa shape index (κ2) is 7.50. The van der Waals surface area contributed by atoms with Crippen LogP contribution in [0.5, 0.6) is 17.4 Å². The molecule has 0 aliphatic carbocycles. The average Bonchev–Trinajstić information content (AvgIpc) is 3.06. The highest BCUT2D eigenvalue weighted by Gasteiger charge is 2.19. The van der Waals surface area contributed by atoms with E-state index in [1.807, 2.05) is 11.9 Å². The number of benzene rings is 2. The molecular weight excluding hydrogens is 387 g/mol. The van der Waals surface area contributed by atoms with Crippen LogP contribution in [0.25, 0.3) is 0 Å². The maximum atomic E-state index is 14.3. The van der Waals surface area contributed by atoms with Crippen LogP contribution in [0.4, 0.5) is 19.0 Å². The lowest BCUT2D eigenvalue weighted by molar-refractivity contribution is 0.290. The van der Waals surface area contributed by atoms with Gasteiger partial charge in [0.15, 0.2) is 23.2 Å². The highest BCUT2D eigenvalue weighted by molar-refractivity contribution is 5.44. The van der Waals surface area contributed by atoms with Crippen molar-refractivity contribution in [1.82, 2.24) is 9.55 Å². The SMILES string of the molecule is CN1CCn2c1cc(OCc1ccc(Oc3ccc(F)c(F)c3)c(F)c1)nc2=O. The van der Waals surface area contributed by atoms with E-state index in [1.54, 1.807) is 16.7 Å². The molecular formula is C20H16F3N3O3. The number of rotatable bonds is 5. The van der Waals surface area contributed by atoms with Crippen LogP contribution < -0.4 is 20.1 Å². The number of nitrogens with zero attached hydrogens (tertiary/aromatic N) is 3. The lowest BCUT2D eigenvalue weighted by Gasteiger charge is -2.13. The molecule has 2 heterocycles. The van der Waals surface area contributed by atoms with Crippen molar-refractivity contribution in [3.63, 3.8) is 0 Å². The Labute approximate surface area is 163 Å². The van der Waals surface area contributed by atoms with Gasteiger partial charge in [0.2, 0.25) is 5.88 Å². The predicted octanol–water partition coefficient (Wildman–Crippen LogP) is 3.48. The van der Waals surface area contributed by atoms with Gasteiger partial charge in [0.25, 0.3) is 0 Å². The van der Waals surface area contributed by atoms with Gasteiger partial charge in [-0.2, -0.15) is 4.98 Å². The summed E-state index contributed by atoms with van der Waals surface area (Å²) in [7, 11) is 1.86. The first-order chi connectivity index (χ1) is 13.9. The number of ether oxygens (including phenoxy) is 2. The summed E-state index contributed by atoms with van der Waals surface area (Å²) in [6, 6.07) is 8.70. The third kappa shape index (κ3) is 3.89. The van der Waals surface area contributed by atoms with Gasteiger partial charge in [0, 0.05) is 32.3 Å². The summed E-state index contributed by atoms with van der Waals surface area (Å²) in [4.78, 5) is 17.8.